The highest BCUT2D eigenvalue weighted by atomic mass is 16.3. The summed E-state index contributed by atoms with van der Waals surface area (Å²) < 4.78 is 0. The first-order chi connectivity index (χ1) is 6.03. The lowest BCUT2D eigenvalue weighted by atomic mass is 9.98. The molecule has 3 nitrogen and oxygen atoms in total. The third kappa shape index (κ3) is 2.03. The molecule has 1 rings (SSSR count). The second-order valence-electron chi connectivity index (χ2n) is 4.42. The van der Waals surface area contributed by atoms with E-state index in [1.807, 2.05) is 6.92 Å². The van der Waals surface area contributed by atoms with E-state index in [-0.39, 0.29) is 18.2 Å². The molecule has 13 heavy (non-hydrogen) atoms. The molecule has 1 aliphatic heterocycles. The quantitative estimate of drug-likeness (QED) is 0.680. The van der Waals surface area contributed by atoms with Crippen molar-refractivity contribution >= 4 is 0 Å². The molecule has 0 bridgehead atoms. The Hall–Kier alpha value is -0.120. The van der Waals surface area contributed by atoms with Crippen LogP contribution in [0.4, 0.5) is 0 Å². The van der Waals surface area contributed by atoms with Gasteiger partial charge in [0.05, 0.1) is 12.7 Å². The van der Waals surface area contributed by atoms with Crippen molar-refractivity contribution in [2.24, 2.45) is 0 Å². The Morgan fingerprint density at radius 2 is 2.23 bits per heavy atom. The highest BCUT2D eigenvalue weighted by Crippen LogP contribution is 2.31. The van der Waals surface area contributed by atoms with E-state index in [2.05, 4.69) is 18.7 Å². The first-order valence-corrected chi connectivity index (χ1v) is 5.09. The van der Waals surface area contributed by atoms with E-state index in [0.29, 0.717) is 19.0 Å². The standard InChI is InChI=1S/C10H21NO2/c1-4-8(2)11-6-9(13)5-10(11,3)7-12/h8-9,12-13H,4-7H2,1-3H3. The smallest absolute Gasteiger partial charge is 0.0685 e. The van der Waals surface area contributed by atoms with Gasteiger partial charge in [-0.25, -0.2) is 0 Å². The zero-order chi connectivity index (χ0) is 10.1. The molecular weight excluding hydrogens is 166 g/mol. The maximum absolute atomic E-state index is 9.56. The summed E-state index contributed by atoms with van der Waals surface area (Å²) in [6, 6.07) is 0.439. The predicted molar refractivity (Wildman–Crippen MR) is 52.6 cm³/mol. The maximum atomic E-state index is 9.56. The van der Waals surface area contributed by atoms with Gasteiger partial charge in [-0.05, 0) is 26.7 Å². The number of aliphatic hydroxyl groups excluding tert-OH is 2. The van der Waals surface area contributed by atoms with Crippen molar-refractivity contribution in [2.45, 2.75) is 51.3 Å². The number of hydrogen-bond acceptors (Lipinski definition) is 3. The number of hydrogen-bond donors (Lipinski definition) is 2. The Balaban J connectivity index is 2.71. The summed E-state index contributed by atoms with van der Waals surface area (Å²) in [5, 5.41) is 18.9. The number of β-amino-alcohol motifs (C(OH)–C–C–N with tert-alkyl or cyclic N) is 1. The van der Waals surface area contributed by atoms with Crippen molar-refractivity contribution < 1.29 is 10.2 Å². The topological polar surface area (TPSA) is 43.7 Å². The fraction of sp³-hybridized carbons (Fsp3) is 1.00. The molecular formula is C10H21NO2. The molecule has 3 atom stereocenters. The predicted octanol–water partition coefficient (Wildman–Crippen LogP) is 0.602. The average Bonchev–Trinajstić information content (AvgIpc) is 2.41. The van der Waals surface area contributed by atoms with E-state index < -0.39 is 0 Å². The molecule has 3 heteroatoms. The fourth-order valence-electron chi connectivity index (χ4n) is 2.22. The maximum Gasteiger partial charge on any atom is 0.0685 e. The Kier molecular flexibility index (Phi) is 3.33. The summed E-state index contributed by atoms with van der Waals surface area (Å²) in [6.07, 6.45) is 1.47. The zero-order valence-electron chi connectivity index (χ0n) is 8.82. The van der Waals surface area contributed by atoms with Gasteiger partial charge in [0.25, 0.3) is 0 Å². The molecule has 0 aliphatic carbocycles. The number of nitrogens with zero attached hydrogens (tertiary/aromatic N) is 1. The van der Waals surface area contributed by atoms with Gasteiger partial charge in [0.1, 0.15) is 0 Å². The molecule has 0 saturated carbocycles. The van der Waals surface area contributed by atoms with Gasteiger partial charge in [-0.3, -0.25) is 4.90 Å². The number of likely N-dealkylation sites (tertiary alicyclic amines) is 1. The summed E-state index contributed by atoms with van der Waals surface area (Å²) in [5.41, 5.74) is -0.213. The summed E-state index contributed by atoms with van der Waals surface area (Å²) >= 11 is 0. The minimum Gasteiger partial charge on any atom is -0.394 e. The van der Waals surface area contributed by atoms with Crippen LogP contribution in [0.2, 0.25) is 0 Å². The molecule has 3 unspecified atom stereocenters. The van der Waals surface area contributed by atoms with Crippen molar-refractivity contribution in [2.75, 3.05) is 13.2 Å². The third-order valence-electron chi connectivity index (χ3n) is 3.24. The number of rotatable bonds is 3. The second-order valence-corrected chi connectivity index (χ2v) is 4.42. The van der Waals surface area contributed by atoms with E-state index >= 15 is 0 Å². The highest BCUT2D eigenvalue weighted by Gasteiger charge is 2.42. The molecule has 0 aromatic heterocycles. The largest absolute Gasteiger partial charge is 0.394 e. The molecule has 0 aromatic rings. The van der Waals surface area contributed by atoms with Crippen LogP contribution in [-0.2, 0) is 0 Å². The molecule has 1 fully saturated rings. The Labute approximate surface area is 80.4 Å². The third-order valence-corrected chi connectivity index (χ3v) is 3.24. The number of aliphatic hydroxyl groups is 2. The van der Waals surface area contributed by atoms with E-state index in [0.717, 1.165) is 6.42 Å². The summed E-state index contributed by atoms with van der Waals surface area (Å²) in [4.78, 5) is 2.22. The van der Waals surface area contributed by atoms with Crippen molar-refractivity contribution in [3.63, 3.8) is 0 Å². The van der Waals surface area contributed by atoms with Gasteiger partial charge < -0.3 is 10.2 Å². The van der Waals surface area contributed by atoms with Crippen LogP contribution in [0.15, 0.2) is 0 Å². The van der Waals surface area contributed by atoms with Crippen molar-refractivity contribution in [3.05, 3.63) is 0 Å². The zero-order valence-corrected chi connectivity index (χ0v) is 8.82. The van der Waals surface area contributed by atoms with Gasteiger partial charge in [-0.1, -0.05) is 6.92 Å². The molecule has 1 saturated heterocycles. The molecule has 0 radical (unpaired) electrons. The van der Waals surface area contributed by atoms with Crippen LogP contribution in [0.1, 0.15) is 33.6 Å². The van der Waals surface area contributed by atoms with Crippen molar-refractivity contribution in [1.29, 1.82) is 0 Å². The molecule has 0 spiro atoms. The van der Waals surface area contributed by atoms with E-state index in [4.69, 9.17) is 0 Å². The molecule has 2 N–H and O–H groups in total. The first kappa shape index (κ1) is 11.0. The second kappa shape index (κ2) is 3.95. The van der Waals surface area contributed by atoms with Crippen molar-refractivity contribution in [3.8, 4) is 0 Å². The molecule has 0 aromatic carbocycles. The SMILES string of the molecule is CCC(C)N1CC(O)CC1(C)CO. The van der Waals surface area contributed by atoms with Gasteiger partial charge in [-0.2, -0.15) is 0 Å². The van der Waals surface area contributed by atoms with E-state index in [1.165, 1.54) is 0 Å². The molecule has 1 heterocycles. The first-order valence-electron chi connectivity index (χ1n) is 5.09. The lowest BCUT2D eigenvalue weighted by Gasteiger charge is -2.37. The van der Waals surface area contributed by atoms with Crippen LogP contribution in [0.25, 0.3) is 0 Å². The van der Waals surface area contributed by atoms with Crippen molar-refractivity contribution in [1.82, 2.24) is 4.90 Å². The minimum atomic E-state index is -0.272. The molecule has 1 aliphatic rings. The lowest BCUT2D eigenvalue weighted by molar-refractivity contribution is 0.0492. The summed E-state index contributed by atoms with van der Waals surface area (Å²) in [7, 11) is 0. The van der Waals surface area contributed by atoms with Gasteiger partial charge >= 0.3 is 0 Å². The molecule has 0 amide bonds. The fourth-order valence-corrected chi connectivity index (χ4v) is 2.22. The Morgan fingerprint density at radius 1 is 1.62 bits per heavy atom. The van der Waals surface area contributed by atoms with Crippen LogP contribution >= 0.6 is 0 Å². The summed E-state index contributed by atoms with van der Waals surface area (Å²) in [5.74, 6) is 0. The van der Waals surface area contributed by atoms with Gasteiger partial charge in [-0.15, -0.1) is 0 Å². The minimum absolute atomic E-state index is 0.133. The van der Waals surface area contributed by atoms with Gasteiger partial charge in [0.15, 0.2) is 0 Å². The van der Waals surface area contributed by atoms with E-state index in [1.54, 1.807) is 0 Å². The van der Waals surface area contributed by atoms with Gasteiger partial charge in [0, 0.05) is 18.1 Å². The van der Waals surface area contributed by atoms with Crippen LogP contribution in [0.5, 0.6) is 0 Å². The van der Waals surface area contributed by atoms with Crippen LogP contribution in [0.3, 0.4) is 0 Å². The Bertz CT molecular complexity index is 174. The van der Waals surface area contributed by atoms with Crippen LogP contribution < -0.4 is 0 Å². The van der Waals surface area contributed by atoms with Crippen LogP contribution in [-0.4, -0.2) is 45.9 Å². The highest BCUT2D eigenvalue weighted by molar-refractivity contribution is 4.97. The van der Waals surface area contributed by atoms with E-state index in [9.17, 15) is 10.2 Å². The average molecular weight is 187 g/mol. The lowest BCUT2D eigenvalue weighted by Crippen LogP contribution is -2.48. The normalized spacial score (nSPS) is 38.1. The molecule has 78 valence electrons. The van der Waals surface area contributed by atoms with Gasteiger partial charge in [0.2, 0.25) is 0 Å². The van der Waals surface area contributed by atoms with Crippen LogP contribution in [0, 0.1) is 0 Å². The Morgan fingerprint density at radius 3 is 2.69 bits per heavy atom. The monoisotopic (exact) mass is 187 g/mol. The summed E-state index contributed by atoms with van der Waals surface area (Å²) in [6.45, 7) is 7.13.